The first kappa shape index (κ1) is 14.2. The topological polar surface area (TPSA) is 40.5 Å². The summed E-state index contributed by atoms with van der Waals surface area (Å²) in [5.41, 5.74) is 0. The molecule has 0 spiro atoms. The van der Waals surface area contributed by atoms with E-state index in [-0.39, 0.29) is 20.0 Å². The summed E-state index contributed by atoms with van der Waals surface area (Å²) in [6, 6.07) is 0. The van der Waals surface area contributed by atoms with Gasteiger partial charge in [-0.15, -0.1) is 6.58 Å². The lowest BCUT2D eigenvalue weighted by molar-refractivity contribution is 0.0303. The largest absolute Gasteiger partial charge is 0.394 e. The molecule has 0 aliphatic heterocycles. The second-order valence-electron chi connectivity index (χ2n) is 3.18. The Morgan fingerprint density at radius 1 is 1.42 bits per heavy atom. The lowest BCUT2D eigenvalue weighted by Gasteiger charge is -2.23. The molecule has 2 nitrogen and oxygen atoms in total. The summed E-state index contributed by atoms with van der Waals surface area (Å²) >= 11 is 0. The van der Waals surface area contributed by atoms with Crippen molar-refractivity contribution >= 4 is 0 Å². The van der Waals surface area contributed by atoms with E-state index in [2.05, 4.69) is 6.58 Å². The Morgan fingerprint density at radius 2 is 1.92 bits per heavy atom. The molecule has 74 valence electrons. The van der Waals surface area contributed by atoms with Crippen molar-refractivity contribution in [3.05, 3.63) is 12.7 Å². The monoisotopic (exact) mass is 174 g/mol. The van der Waals surface area contributed by atoms with Gasteiger partial charge in [-0.3, -0.25) is 0 Å². The van der Waals surface area contributed by atoms with E-state index in [9.17, 15) is 5.11 Å². The van der Waals surface area contributed by atoms with Gasteiger partial charge in [0.15, 0.2) is 0 Å². The van der Waals surface area contributed by atoms with E-state index in [1.54, 1.807) is 6.08 Å². The van der Waals surface area contributed by atoms with Gasteiger partial charge in [0, 0.05) is 0 Å². The van der Waals surface area contributed by atoms with E-state index in [1.165, 1.54) is 0 Å². The lowest BCUT2D eigenvalue weighted by atomic mass is 9.88. The molecule has 0 radical (unpaired) electrons. The predicted octanol–water partition coefficient (Wildman–Crippen LogP) is 1.82. The van der Waals surface area contributed by atoms with E-state index in [0.717, 1.165) is 6.42 Å². The third-order valence-electron chi connectivity index (χ3n) is 1.98. The summed E-state index contributed by atoms with van der Waals surface area (Å²) in [5.74, 6) is 0.521. The molecule has 0 bridgehead atoms. The number of allylic oxidation sites excluding steroid dienone is 1. The highest BCUT2D eigenvalue weighted by atomic mass is 16.3. The number of hydrogen-bond donors (Lipinski definition) is 2. The molecule has 2 heteroatoms. The standard InChI is InChI=1S/C9H18O2.CH4/c1-4-5-8(7(2)3)9(11)6-10;/h4,7-11H,1,5-6H2,2-3H3;1H4/t8-,9-;/m0./s1. The van der Waals surface area contributed by atoms with Gasteiger partial charge in [-0.1, -0.05) is 27.4 Å². The molecule has 0 heterocycles. The normalized spacial score (nSPS) is 15.1. The van der Waals surface area contributed by atoms with Crippen LogP contribution < -0.4 is 0 Å². The second kappa shape index (κ2) is 7.32. The summed E-state index contributed by atoms with van der Waals surface area (Å²) in [6.07, 6.45) is 1.94. The molecule has 0 fully saturated rings. The molecule has 12 heavy (non-hydrogen) atoms. The molecule has 2 N–H and O–H groups in total. The minimum Gasteiger partial charge on any atom is -0.394 e. The third-order valence-corrected chi connectivity index (χ3v) is 1.98. The Hall–Kier alpha value is -0.340. The van der Waals surface area contributed by atoms with Crippen molar-refractivity contribution < 1.29 is 10.2 Å². The van der Waals surface area contributed by atoms with Gasteiger partial charge < -0.3 is 10.2 Å². The van der Waals surface area contributed by atoms with Gasteiger partial charge in [0.2, 0.25) is 0 Å². The number of hydrogen-bond acceptors (Lipinski definition) is 2. The fraction of sp³-hybridized carbons (Fsp3) is 0.800. The highest BCUT2D eigenvalue weighted by molar-refractivity contribution is 4.79. The van der Waals surface area contributed by atoms with Gasteiger partial charge in [-0.25, -0.2) is 0 Å². The van der Waals surface area contributed by atoms with Gasteiger partial charge in [-0.2, -0.15) is 0 Å². The summed E-state index contributed by atoms with van der Waals surface area (Å²) < 4.78 is 0. The van der Waals surface area contributed by atoms with E-state index < -0.39 is 6.10 Å². The molecule has 0 amide bonds. The zero-order valence-corrected chi connectivity index (χ0v) is 7.33. The van der Waals surface area contributed by atoms with Crippen LogP contribution in [0.2, 0.25) is 0 Å². The van der Waals surface area contributed by atoms with Crippen molar-refractivity contribution in [3.63, 3.8) is 0 Å². The number of aliphatic hydroxyl groups is 2. The SMILES string of the molecule is C.C=CC[C@@H](C(C)C)[C@@H](O)CO. The Balaban J connectivity index is 0. The molecule has 0 aromatic carbocycles. The predicted molar refractivity (Wildman–Crippen MR) is 53.0 cm³/mol. The summed E-state index contributed by atoms with van der Waals surface area (Å²) in [7, 11) is 0. The average Bonchev–Trinajstić information content (AvgIpc) is 1.98. The van der Waals surface area contributed by atoms with E-state index in [0.29, 0.717) is 5.92 Å². The van der Waals surface area contributed by atoms with Crippen LogP contribution in [-0.4, -0.2) is 22.9 Å². The molecular weight excluding hydrogens is 152 g/mol. The van der Waals surface area contributed by atoms with Crippen LogP contribution in [0.15, 0.2) is 12.7 Å². The highest BCUT2D eigenvalue weighted by Gasteiger charge is 2.19. The molecule has 0 aromatic heterocycles. The van der Waals surface area contributed by atoms with Crippen LogP contribution in [0.1, 0.15) is 27.7 Å². The van der Waals surface area contributed by atoms with Crippen LogP contribution in [0.4, 0.5) is 0 Å². The molecule has 0 unspecified atom stereocenters. The Morgan fingerprint density at radius 3 is 2.17 bits per heavy atom. The fourth-order valence-corrected chi connectivity index (χ4v) is 1.20. The van der Waals surface area contributed by atoms with Gasteiger partial charge >= 0.3 is 0 Å². The third kappa shape index (κ3) is 4.52. The van der Waals surface area contributed by atoms with Crippen LogP contribution in [-0.2, 0) is 0 Å². The number of aliphatic hydroxyl groups excluding tert-OH is 2. The van der Waals surface area contributed by atoms with Crippen LogP contribution in [0.5, 0.6) is 0 Å². The van der Waals surface area contributed by atoms with E-state index in [1.807, 2.05) is 13.8 Å². The van der Waals surface area contributed by atoms with Gasteiger partial charge in [0.1, 0.15) is 0 Å². The molecule has 0 rings (SSSR count). The first-order valence-corrected chi connectivity index (χ1v) is 4.03. The van der Waals surface area contributed by atoms with Crippen LogP contribution in [0, 0.1) is 11.8 Å². The second-order valence-corrected chi connectivity index (χ2v) is 3.18. The number of rotatable bonds is 5. The summed E-state index contributed by atoms with van der Waals surface area (Å²) in [5, 5.41) is 18.0. The van der Waals surface area contributed by atoms with Crippen LogP contribution in [0.25, 0.3) is 0 Å². The molecule has 2 atom stereocenters. The highest BCUT2D eigenvalue weighted by Crippen LogP contribution is 2.19. The summed E-state index contributed by atoms with van der Waals surface area (Å²) in [4.78, 5) is 0. The Bertz CT molecular complexity index is 110. The van der Waals surface area contributed by atoms with Gasteiger partial charge in [0.05, 0.1) is 12.7 Å². The van der Waals surface area contributed by atoms with Gasteiger partial charge in [-0.05, 0) is 18.3 Å². The molecule has 0 aliphatic rings. The fourth-order valence-electron chi connectivity index (χ4n) is 1.20. The van der Waals surface area contributed by atoms with Crippen molar-refractivity contribution in [1.82, 2.24) is 0 Å². The zero-order chi connectivity index (χ0) is 8.85. The average molecular weight is 174 g/mol. The van der Waals surface area contributed by atoms with Crippen molar-refractivity contribution in [2.45, 2.75) is 33.8 Å². The van der Waals surface area contributed by atoms with E-state index in [4.69, 9.17) is 5.11 Å². The molecule has 0 aliphatic carbocycles. The van der Waals surface area contributed by atoms with E-state index >= 15 is 0 Å². The van der Waals surface area contributed by atoms with Crippen LogP contribution in [0.3, 0.4) is 0 Å². The first-order chi connectivity index (χ1) is 5.13. The summed E-state index contributed by atoms with van der Waals surface area (Å²) in [6.45, 7) is 7.52. The molecule has 0 saturated carbocycles. The maximum Gasteiger partial charge on any atom is 0.0804 e. The zero-order valence-electron chi connectivity index (χ0n) is 7.33. The quantitative estimate of drug-likeness (QED) is 0.624. The van der Waals surface area contributed by atoms with Crippen molar-refractivity contribution in [2.24, 2.45) is 11.8 Å². The van der Waals surface area contributed by atoms with Crippen molar-refractivity contribution in [3.8, 4) is 0 Å². The van der Waals surface area contributed by atoms with Gasteiger partial charge in [0.25, 0.3) is 0 Å². The molecular formula is C10H22O2. The smallest absolute Gasteiger partial charge is 0.0804 e. The lowest BCUT2D eigenvalue weighted by Crippen LogP contribution is -2.27. The minimum absolute atomic E-state index is 0. The Kier molecular flexibility index (Phi) is 8.66. The maximum absolute atomic E-state index is 9.32. The Labute approximate surface area is 75.9 Å². The molecule has 0 saturated heterocycles. The van der Waals surface area contributed by atoms with Crippen molar-refractivity contribution in [1.29, 1.82) is 0 Å². The van der Waals surface area contributed by atoms with Crippen LogP contribution >= 0.6 is 0 Å². The maximum atomic E-state index is 9.32. The first-order valence-electron chi connectivity index (χ1n) is 4.03. The molecule has 0 aromatic rings. The minimum atomic E-state index is -0.604. The van der Waals surface area contributed by atoms with Crippen molar-refractivity contribution in [2.75, 3.05) is 6.61 Å².